The molecule has 1 N–H and O–H groups in total. The third-order valence-corrected chi connectivity index (χ3v) is 2.81. The molecule has 0 aliphatic heterocycles. The van der Waals surface area contributed by atoms with Gasteiger partial charge in [0.25, 0.3) is 0 Å². The first-order valence-corrected chi connectivity index (χ1v) is 6.35. The average Bonchev–Trinajstić information content (AvgIpc) is 2.54. The highest BCUT2D eigenvalue weighted by molar-refractivity contribution is 5.77. The Morgan fingerprint density at radius 1 is 1.14 bits per heavy atom. The Labute approximate surface area is 122 Å². The van der Waals surface area contributed by atoms with Gasteiger partial charge in [-0.15, -0.1) is 0 Å². The maximum Gasteiger partial charge on any atom is 0.413 e. The molecule has 5 heteroatoms. The summed E-state index contributed by atoms with van der Waals surface area (Å²) < 4.78 is 10.3. The Hall–Kier alpha value is -2.82. The van der Waals surface area contributed by atoms with Gasteiger partial charge in [0.1, 0.15) is 6.29 Å². The van der Waals surface area contributed by atoms with Gasteiger partial charge in [0.05, 0.1) is 7.11 Å². The van der Waals surface area contributed by atoms with Crippen LogP contribution in [0.1, 0.15) is 15.9 Å². The lowest BCUT2D eigenvalue weighted by Gasteiger charge is -2.10. The molecular weight excluding hydrogens is 270 g/mol. The van der Waals surface area contributed by atoms with Crippen molar-refractivity contribution in [2.75, 3.05) is 7.11 Å². The molecule has 0 aliphatic carbocycles. The number of aldehydes is 1. The fourth-order valence-electron chi connectivity index (χ4n) is 1.75. The Bertz CT molecular complexity index is 625. The van der Waals surface area contributed by atoms with Gasteiger partial charge < -0.3 is 14.8 Å². The Morgan fingerprint density at radius 3 is 2.57 bits per heavy atom. The van der Waals surface area contributed by atoms with Gasteiger partial charge >= 0.3 is 6.09 Å². The van der Waals surface area contributed by atoms with Crippen LogP contribution in [-0.2, 0) is 6.54 Å². The maximum atomic E-state index is 11.7. The van der Waals surface area contributed by atoms with E-state index in [-0.39, 0.29) is 5.75 Å². The number of ether oxygens (including phenoxy) is 2. The van der Waals surface area contributed by atoms with Crippen molar-refractivity contribution in [3.8, 4) is 11.5 Å². The summed E-state index contributed by atoms with van der Waals surface area (Å²) in [5.41, 5.74) is 1.42. The van der Waals surface area contributed by atoms with Gasteiger partial charge in [-0.3, -0.25) is 4.79 Å². The molecule has 0 saturated heterocycles. The Kier molecular flexibility index (Phi) is 4.93. The molecule has 108 valence electrons. The van der Waals surface area contributed by atoms with E-state index in [4.69, 9.17) is 9.47 Å². The summed E-state index contributed by atoms with van der Waals surface area (Å²) in [4.78, 5) is 22.4. The van der Waals surface area contributed by atoms with Crippen LogP contribution >= 0.6 is 0 Å². The fourth-order valence-corrected chi connectivity index (χ4v) is 1.75. The number of amides is 1. The van der Waals surface area contributed by atoms with Gasteiger partial charge in [-0.2, -0.15) is 0 Å². The summed E-state index contributed by atoms with van der Waals surface area (Å²) in [6.45, 7) is 0.369. The number of methoxy groups -OCH3 is 1. The quantitative estimate of drug-likeness (QED) is 0.858. The standard InChI is InChI=1S/C16H15NO4/c1-20-15-9-13(11-18)7-8-14(15)21-16(19)17-10-12-5-3-2-4-6-12/h2-9,11H,10H2,1H3,(H,17,19). The van der Waals surface area contributed by atoms with Crippen LogP contribution in [0.4, 0.5) is 4.79 Å². The van der Waals surface area contributed by atoms with Gasteiger partial charge in [-0.25, -0.2) is 4.79 Å². The van der Waals surface area contributed by atoms with E-state index in [9.17, 15) is 9.59 Å². The van der Waals surface area contributed by atoms with Gasteiger partial charge in [-0.1, -0.05) is 30.3 Å². The predicted octanol–water partition coefficient (Wildman–Crippen LogP) is 2.80. The van der Waals surface area contributed by atoms with Crippen molar-refractivity contribution in [2.24, 2.45) is 0 Å². The molecule has 1 amide bonds. The molecule has 0 unspecified atom stereocenters. The summed E-state index contributed by atoms with van der Waals surface area (Å²) in [5, 5.41) is 2.64. The molecule has 2 rings (SSSR count). The normalized spacial score (nSPS) is 9.76. The molecule has 0 atom stereocenters. The number of nitrogens with one attached hydrogen (secondary N) is 1. The first kappa shape index (κ1) is 14.6. The van der Waals surface area contributed by atoms with Gasteiger partial charge in [0.15, 0.2) is 11.5 Å². The number of benzene rings is 2. The minimum Gasteiger partial charge on any atom is -0.493 e. The Balaban J connectivity index is 1.97. The van der Waals surface area contributed by atoms with E-state index >= 15 is 0 Å². The summed E-state index contributed by atoms with van der Waals surface area (Å²) in [6.07, 6.45) is 0.109. The molecule has 2 aromatic rings. The lowest BCUT2D eigenvalue weighted by molar-refractivity contribution is 0.112. The van der Waals surface area contributed by atoms with Crippen molar-refractivity contribution in [3.05, 3.63) is 59.7 Å². The maximum absolute atomic E-state index is 11.7. The summed E-state index contributed by atoms with van der Waals surface area (Å²) in [7, 11) is 1.44. The van der Waals surface area contributed by atoms with E-state index in [1.165, 1.54) is 19.2 Å². The van der Waals surface area contributed by atoms with E-state index < -0.39 is 6.09 Å². The number of carbonyl (C=O) groups is 2. The first-order valence-electron chi connectivity index (χ1n) is 6.35. The van der Waals surface area contributed by atoms with E-state index in [1.54, 1.807) is 6.07 Å². The second-order valence-electron chi connectivity index (χ2n) is 4.26. The molecule has 0 aliphatic rings. The molecule has 0 spiro atoms. The molecule has 0 bridgehead atoms. The molecule has 0 fully saturated rings. The van der Waals surface area contributed by atoms with Crippen LogP contribution in [0.2, 0.25) is 0 Å². The van der Waals surface area contributed by atoms with Crippen molar-refractivity contribution in [3.63, 3.8) is 0 Å². The number of hydrogen-bond donors (Lipinski definition) is 1. The van der Waals surface area contributed by atoms with Gasteiger partial charge in [-0.05, 0) is 23.8 Å². The molecule has 0 heterocycles. The second kappa shape index (κ2) is 7.09. The summed E-state index contributed by atoms with van der Waals surface area (Å²) >= 11 is 0. The zero-order chi connectivity index (χ0) is 15.1. The van der Waals surface area contributed by atoms with Crippen LogP contribution < -0.4 is 14.8 Å². The molecule has 0 saturated carbocycles. The van der Waals surface area contributed by atoms with Gasteiger partial charge in [0.2, 0.25) is 0 Å². The average molecular weight is 285 g/mol. The topological polar surface area (TPSA) is 64.6 Å². The van der Waals surface area contributed by atoms with Crippen molar-refractivity contribution < 1.29 is 19.1 Å². The summed E-state index contributed by atoms with van der Waals surface area (Å²) in [5.74, 6) is 0.586. The predicted molar refractivity (Wildman–Crippen MR) is 77.7 cm³/mol. The van der Waals surface area contributed by atoms with Crippen molar-refractivity contribution >= 4 is 12.4 Å². The zero-order valence-corrected chi connectivity index (χ0v) is 11.5. The number of rotatable bonds is 5. The third-order valence-electron chi connectivity index (χ3n) is 2.81. The Morgan fingerprint density at radius 2 is 1.90 bits per heavy atom. The SMILES string of the molecule is COc1cc(C=O)ccc1OC(=O)NCc1ccccc1. The van der Waals surface area contributed by atoms with Crippen LogP contribution in [0.15, 0.2) is 48.5 Å². The monoisotopic (exact) mass is 285 g/mol. The highest BCUT2D eigenvalue weighted by Gasteiger charge is 2.10. The third kappa shape index (κ3) is 4.07. The van der Waals surface area contributed by atoms with Crippen molar-refractivity contribution in [1.82, 2.24) is 5.32 Å². The molecule has 0 radical (unpaired) electrons. The van der Waals surface area contributed by atoms with Gasteiger partial charge in [0, 0.05) is 12.1 Å². The van der Waals surface area contributed by atoms with E-state index in [2.05, 4.69) is 5.32 Å². The number of hydrogen-bond acceptors (Lipinski definition) is 4. The lowest BCUT2D eigenvalue weighted by atomic mass is 10.2. The second-order valence-corrected chi connectivity index (χ2v) is 4.26. The van der Waals surface area contributed by atoms with E-state index in [0.717, 1.165) is 5.56 Å². The van der Waals surface area contributed by atoms with Crippen LogP contribution in [0, 0.1) is 0 Å². The molecule has 2 aromatic carbocycles. The fraction of sp³-hybridized carbons (Fsp3) is 0.125. The number of carbonyl (C=O) groups excluding carboxylic acids is 2. The van der Waals surface area contributed by atoms with Crippen molar-refractivity contribution in [1.29, 1.82) is 0 Å². The summed E-state index contributed by atoms with van der Waals surface area (Å²) in [6, 6.07) is 14.1. The van der Waals surface area contributed by atoms with E-state index in [1.807, 2.05) is 30.3 Å². The zero-order valence-electron chi connectivity index (χ0n) is 11.5. The molecular formula is C16H15NO4. The largest absolute Gasteiger partial charge is 0.493 e. The van der Waals surface area contributed by atoms with E-state index in [0.29, 0.717) is 24.1 Å². The lowest BCUT2D eigenvalue weighted by Crippen LogP contribution is -2.26. The minimum atomic E-state index is -0.587. The van der Waals surface area contributed by atoms with Crippen LogP contribution in [0.25, 0.3) is 0 Å². The first-order chi connectivity index (χ1) is 10.2. The van der Waals surface area contributed by atoms with Crippen LogP contribution in [0.3, 0.4) is 0 Å². The smallest absolute Gasteiger partial charge is 0.413 e. The molecule has 0 aromatic heterocycles. The van der Waals surface area contributed by atoms with Crippen LogP contribution in [0.5, 0.6) is 11.5 Å². The molecule has 21 heavy (non-hydrogen) atoms. The molecule has 5 nitrogen and oxygen atoms in total. The highest BCUT2D eigenvalue weighted by Crippen LogP contribution is 2.27. The minimum absolute atomic E-state index is 0.258. The van der Waals surface area contributed by atoms with Crippen molar-refractivity contribution in [2.45, 2.75) is 6.54 Å². The van der Waals surface area contributed by atoms with Crippen LogP contribution in [-0.4, -0.2) is 19.5 Å². The highest BCUT2D eigenvalue weighted by atomic mass is 16.6.